The number of sulfonamides is 1. The fraction of sp³-hybridized carbons (Fsp3) is 0.441. The predicted molar refractivity (Wildman–Crippen MR) is 175 cm³/mol. The third-order valence-electron chi connectivity index (χ3n) is 7.39. The molecule has 0 aliphatic heterocycles. The third kappa shape index (κ3) is 11.7. The van der Waals surface area contributed by atoms with Crippen molar-refractivity contribution < 1.29 is 18.0 Å². The number of hydrogen-bond donors (Lipinski definition) is 1. The Balaban J connectivity index is 0.000000355. The number of benzene rings is 2. The van der Waals surface area contributed by atoms with Gasteiger partial charge in [0.05, 0.1) is 10.9 Å². The number of nitroso groups, excluding NO2 is 1. The van der Waals surface area contributed by atoms with Crippen LogP contribution in [0.2, 0.25) is 0 Å². The molecule has 44 heavy (non-hydrogen) atoms. The molecule has 1 atom stereocenters. The van der Waals surface area contributed by atoms with E-state index in [0.29, 0.717) is 6.42 Å². The standard InChI is InChI=1S/C21H24N2O4S.C11H16N2O.C2H6/c24-21(22-25)15-8-16-6-9-17(10-7-16)18-11-13-20(14-12-18)28(26,27)23-19-4-2-1-3-5-19;1-3-7-13(9-14)10(2)11-5-4-6-12-8-11;1-2/h6-7,9-14,19,23H,1-5,8,15H2;4-6,8-10H,3,7H2,1-2H3;1-2H3. The Bertz CT molecular complexity index is 1380. The van der Waals surface area contributed by atoms with Crippen LogP contribution in [-0.2, 0) is 26.0 Å². The van der Waals surface area contributed by atoms with Crippen LogP contribution < -0.4 is 4.72 Å². The van der Waals surface area contributed by atoms with Crippen molar-refractivity contribution in [1.29, 1.82) is 0 Å². The number of nitrogens with one attached hydrogen (secondary N) is 1. The first-order valence-electron chi connectivity index (χ1n) is 15.5. The van der Waals surface area contributed by atoms with Crippen molar-refractivity contribution in [2.75, 3.05) is 6.54 Å². The summed E-state index contributed by atoms with van der Waals surface area (Å²) >= 11 is 0. The largest absolute Gasteiger partial charge is 0.338 e. The summed E-state index contributed by atoms with van der Waals surface area (Å²) in [5, 5.41) is 2.39. The highest BCUT2D eigenvalue weighted by atomic mass is 32.2. The first-order chi connectivity index (χ1) is 21.3. The average Bonchev–Trinajstić information content (AvgIpc) is 3.08. The minimum absolute atomic E-state index is 0.0345. The number of nitrogens with zero attached hydrogens (tertiary/aromatic N) is 3. The van der Waals surface area contributed by atoms with E-state index in [-0.39, 0.29) is 23.4 Å². The molecule has 1 aliphatic carbocycles. The average molecular weight is 623 g/mol. The van der Waals surface area contributed by atoms with Crippen LogP contribution in [-0.4, -0.2) is 43.2 Å². The molecule has 3 aromatic rings. The van der Waals surface area contributed by atoms with Gasteiger partial charge in [0, 0.05) is 36.6 Å². The summed E-state index contributed by atoms with van der Waals surface area (Å²) in [6, 6.07) is 18.5. The number of carbonyl (C=O) groups is 2. The van der Waals surface area contributed by atoms with Crippen LogP contribution in [0.3, 0.4) is 0 Å². The topological polar surface area (TPSA) is 126 Å². The van der Waals surface area contributed by atoms with E-state index in [9.17, 15) is 22.9 Å². The lowest BCUT2D eigenvalue weighted by molar-refractivity contribution is -0.120. The molecule has 10 heteroatoms. The van der Waals surface area contributed by atoms with E-state index in [2.05, 4.69) is 21.8 Å². The summed E-state index contributed by atoms with van der Waals surface area (Å²) in [7, 11) is -3.50. The van der Waals surface area contributed by atoms with Crippen molar-refractivity contribution in [3.05, 3.63) is 89.1 Å². The quantitative estimate of drug-likeness (QED) is 0.168. The normalized spacial score (nSPS) is 13.7. The zero-order chi connectivity index (χ0) is 32.4. The van der Waals surface area contributed by atoms with Gasteiger partial charge in [-0.05, 0) is 73.1 Å². The predicted octanol–water partition coefficient (Wildman–Crippen LogP) is 7.23. The SMILES string of the molecule is CC.CCCN(C=O)C(C)c1cccnc1.O=NC(=O)CCc1ccc(-c2ccc(S(=O)(=O)NC3CCCCC3)cc2)cc1. The fourth-order valence-electron chi connectivity index (χ4n) is 4.91. The molecule has 9 nitrogen and oxygen atoms in total. The first-order valence-corrected chi connectivity index (χ1v) is 16.9. The van der Waals surface area contributed by atoms with Crippen molar-refractivity contribution in [1.82, 2.24) is 14.6 Å². The Hall–Kier alpha value is -3.76. The van der Waals surface area contributed by atoms with Crippen LogP contribution in [0.4, 0.5) is 0 Å². The molecule has 1 fully saturated rings. The molecule has 1 N–H and O–H groups in total. The molecule has 1 aliphatic rings. The molecule has 0 bridgehead atoms. The van der Waals surface area contributed by atoms with E-state index in [1.807, 2.05) is 57.2 Å². The van der Waals surface area contributed by atoms with Crippen LogP contribution in [0.25, 0.3) is 11.1 Å². The van der Waals surface area contributed by atoms with Crippen molar-refractivity contribution >= 4 is 22.3 Å². The number of pyridine rings is 1. The summed E-state index contributed by atoms with van der Waals surface area (Å²) in [5.74, 6) is -0.650. The smallest absolute Gasteiger partial charge is 0.286 e. The number of rotatable bonds is 12. The maximum atomic E-state index is 12.6. The van der Waals surface area contributed by atoms with Crippen LogP contribution in [0, 0.1) is 4.91 Å². The molecule has 1 unspecified atom stereocenters. The molecule has 1 heterocycles. The molecule has 238 valence electrons. The molecule has 1 saturated carbocycles. The summed E-state index contributed by atoms with van der Waals surface area (Å²) < 4.78 is 28.0. The highest BCUT2D eigenvalue weighted by molar-refractivity contribution is 7.89. The van der Waals surface area contributed by atoms with E-state index in [0.717, 1.165) is 67.3 Å². The molecular weight excluding hydrogens is 576 g/mol. The molecule has 4 rings (SSSR count). The number of amides is 2. The molecular formula is C34H46N4O5S. The van der Waals surface area contributed by atoms with E-state index in [4.69, 9.17) is 0 Å². The van der Waals surface area contributed by atoms with Crippen molar-refractivity contribution in [3.63, 3.8) is 0 Å². The zero-order valence-corrected chi connectivity index (χ0v) is 27.1. The lowest BCUT2D eigenvalue weighted by Gasteiger charge is -2.24. The Labute approximate surface area is 262 Å². The van der Waals surface area contributed by atoms with Crippen LogP contribution >= 0.6 is 0 Å². The van der Waals surface area contributed by atoms with Gasteiger partial charge in [0.25, 0.3) is 5.91 Å². The van der Waals surface area contributed by atoms with Crippen molar-refractivity contribution in [3.8, 4) is 11.1 Å². The van der Waals surface area contributed by atoms with Gasteiger partial charge < -0.3 is 4.90 Å². The molecule has 1 aromatic heterocycles. The highest BCUT2D eigenvalue weighted by Crippen LogP contribution is 2.24. The number of aromatic nitrogens is 1. The van der Waals surface area contributed by atoms with Crippen LogP contribution in [0.1, 0.15) is 89.8 Å². The van der Waals surface area contributed by atoms with Gasteiger partial charge in [-0.2, -0.15) is 0 Å². The van der Waals surface area contributed by atoms with Gasteiger partial charge in [-0.3, -0.25) is 14.6 Å². The monoisotopic (exact) mass is 622 g/mol. The summed E-state index contributed by atoms with van der Waals surface area (Å²) in [4.78, 5) is 38.0. The van der Waals surface area contributed by atoms with Gasteiger partial charge in [0.15, 0.2) is 0 Å². The summed E-state index contributed by atoms with van der Waals surface area (Å²) in [5.41, 5.74) is 3.88. The number of carbonyl (C=O) groups excluding carboxylic acids is 2. The van der Waals surface area contributed by atoms with E-state index < -0.39 is 15.9 Å². The summed E-state index contributed by atoms with van der Waals surface area (Å²) in [6.45, 7) is 8.87. The van der Waals surface area contributed by atoms with E-state index >= 15 is 0 Å². The first kappa shape index (κ1) is 36.4. The van der Waals surface area contributed by atoms with Gasteiger partial charge in [-0.1, -0.05) is 82.5 Å². The van der Waals surface area contributed by atoms with Gasteiger partial charge in [-0.15, -0.1) is 4.91 Å². The number of aryl methyl sites for hydroxylation is 1. The van der Waals surface area contributed by atoms with Gasteiger partial charge >= 0.3 is 0 Å². The Morgan fingerprint density at radius 2 is 1.64 bits per heavy atom. The lowest BCUT2D eigenvalue weighted by atomic mass is 9.96. The van der Waals surface area contributed by atoms with Gasteiger partial charge in [0.2, 0.25) is 16.4 Å². The van der Waals surface area contributed by atoms with E-state index in [1.165, 1.54) is 6.42 Å². The van der Waals surface area contributed by atoms with Gasteiger partial charge in [0.1, 0.15) is 0 Å². The fourth-order valence-corrected chi connectivity index (χ4v) is 6.21. The Morgan fingerprint density at radius 1 is 1.02 bits per heavy atom. The number of hydrogen-bond acceptors (Lipinski definition) is 6. The maximum absolute atomic E-state index is 12.6. The molecule has 2 aromatic carbocycles. The molecule has 2 amide bonds. The minimum atomic E-state index is -3.50. The Kier molecular flexibility index (Phi) is 16.1. The maximum Gasteiger partial charge on any atom is 0.286 e. The lowest BCUT2D eigenvalue weighted by Crippen LogP contribution is -2.36. The molecule has 0 spiro atoms. The molecule has 0 saturated heterocycles. The minimum Gasteiger partial charge on any atom is -0.338 e. The zero-order valence-electron chi connectivity index (χ0n) is 26.3. The Morgan fingerprint density at radius 3 is 2.16 bits per heavy atom. The highest BCUT2D eigenvalue weighted by Gasteiger charge is 2.21. The third-order valence-corrected chi connectivity index (χ3v) is 8.93. The van der Waals surface area contributed by atoms with Crippen molar-refractivity contribution in [2.24, 2.45) is 5.18 Å². The molecule has 0 radical (unpaired) electrons. The second-order valence-electron chi connectivity index (χ2n) is 10.5. The van der Waals surface area contributed by atoms with Gasteiger partial charge in [-0.25, -0.2) is 13.1 Å². The van der Waals surface area contributed by atoms with Crippen LogP contribution in [0.15, 0.2) is 83.1 Å². The van der Waals surface area contributed by atoms with E-state index in [1.54, 1.807) is 41.6 Å². The second kappa shape index (κ2) is 19.5. The van der Waals surface area contributed by atoms with Crippen molar-refractivity contribution in [2.45, 2.75) is 96.0 Å². The second-order valence-corrected chi connectivity index (χ2v) is 12.2. The summed E-state index contributed by atoms with van der Waals surface area (Å²) in [6.07, 6.45) is 11.1. The van der Waals surface area contributed by atoms with Crippen LogP contribution in [0.5, 0.6) is 0 Å².